The Labute approximate surface area is 274 Å². The average Bonchev–Trinajstić information content (AvgIpc) is 3.53. The average molecular weight is 793 g/mol. The van der Waals surface area contributed by atoms with Gasteiger partial charge in [0.25, 0.3) is 11.8 Å². The molecule has 26 heteroatoms. The van der Waals surface area contributed by atoms with E-state index in [2.05, 4.69) is 8.47 Å². The van der Waals surface area contributed by atoms with Gasteiger partial charge in [-0.2, -0.15) is 73.7 Å². The van der Waals surface area contributed by atoms with Gasteiger partial charge in [0.1, 0.15) is 11.8 Å². The monoisotopic (exact) mass is 793 g/mol. The maximum atomic E-state index is 13.3. The molecule has 2 aromatic carbocycles. The Balaban J connectivity index is 1.43. The van der Waals surface area contributed by atoms with Crippen molar-refractivity contribution in [1.82, 2.24) is 5.06 Å². The number of Topliss-reactive ketones (excluding diaryl/α,β-unsaturated/α-hetero) is 1. The number of alkyl halides is 12. The van der Waals surface area contributed by atoms with Crippen LogP contribution in [0.15, 0.2) is 46.2 Å². The lowest BCUT2D eigenvalue weighted by atomic mass is 9.90. The molecule has 3 aliphatic rings. The number of hydrogen-bond acceptors (Lipinski definition) is 10. The third-order valence-electron chi connectivity index (χ3n) is 7.95. The Morgan fingerprint density at radius 1 is 0.608 bits per heavy atom. The second kappa shape index (κ2) is 11.7. The summed E-state index contributed by atoms with van der Waals surface area (Å²) in [5.41, 5.74) is -8.51. The molecule has 0 spiro atoms. The lowest BCUT2D eigenvalue weighted by molar-refractivity contribution is -0.603. The minimum Gasteiger partial charge on any atom is -0.298 e. The molecule has 0 bridgehead atoms. The normalized spacial score (nSPS) is 24.8. The van der Waals surface area contributed by atoms with Crippen LogP contribution in [0.3, 0.4) is 0 Å². The number of carbonyl (C=O) groups excluding carboxylic acids is 3. The highest BCUT2D eigenvalue weighted by molar-refractivity contribution is 7.87. The second-order valence-corrected chi connectivity index (χ2v) is 14.2. The van der Waals surface area contributed by atoms with E-state index < -0.39 is 148 Å². The van der Waals surface area contributed by atoms with Crippen molar-refractivity contribution in [1.29, 1.82) is 0 Å². The van der Waals surface area contributed by atoms with E-state index in [1.54, 1.807) is 0 Å². The Bertz CT molecular complexity index is 2030. The van der Waals surface area contributed by atoms with Gasteiger partial charge < -0.3 is 0 Å². The first-order valence-electron chi connectivity index (χ1n) is 13.3. The van der Waals surface area contributed by atoms with Crippen molar-refractivity contribution in [2.45, 2.75) is 40.7 Å². The summed E-state index contributed by atoms with van der Waals surface area (Å²) in [7, 11) is -11.7. The third kappa shape index (κ3) is 6.79. The highest BCUT2D eigenvalue weighted by Gasteiger charge is 2.73. The maximum absolute atomic E-state index is 13.3. The number of carbonyl (C=O) groups is 3. The molecule has 2 aliphatic heterocycles. The molecular formula is C25H13F12N2O10S2+. The van der Waals surface area contributed by atoms with Crippen LogP contribution in [0.4, 0.5) is 52.7 Å². The van der Waals surface area contributed by atoms with Crippen molar-refractivity contribution in [3.63, 3.8) is 0 Å². The van der Waals surface area contributed by atoms with Crippen LogP contribution < -0.4 is 0 Å². The van der Waals surface area contributed by atoms with Crippen LogP contribution >= 0.6 is 0 Å². The topological polar surface area (TPSA) is 161 Å². The molecule has 2 heterocycles. The molecule has 278 valence electrons. The predicted molar refractivity (Wildman–Crippen MR) is 133 cm³/mol. The van der Waals surface area contributed by atoms with Crippen LogP contribution in [0.2, 0.25) is 0 Å². The van der Waals surface area contributed by atoms with E-state index in [1.165, 1.54) is 0 Å². The number of nitroso groups, excluding NO2 is 1. The number of ketones is 1. The van der Waals surface area contributed by atoms with Gasteiger partial charge in [-0.15, -0.1) is 9.35 Å². The van der Waals surface area contributed by atoms with Gasteiger partial charge in [0.2, 0.25) is 0 Å². The van der Waals surface area contributed by atoms with Crippen molar-refractivity contribution in [2.24, 2.45) is 23.7 Å². The summed E-state index contributed by atoms with van der Waals surface area (Å²) in [6.07, 6.45) is -24.8. The van der Waals surface area contributed by atoms with E-state index >= 15 is 0 Å². The largest absolute Gasteiger partial charge is 0.416 e. The highest BCUT2D eigenvalue weighted by Crippen LogP contribution is 2.51. The van der Waals surface area contributed by atoms with Crippen LogP contribution in [0.1, 0.15) is 22.3 Å². The summed E-state index contributed by atoms with van der Waals surface area (Å²) in [4.78, 5) is 48.5. The minimum atomic E-state index is -5.91. The molecule has 51 heavy (non-hydrogen) atoms. The molecule has 1 saturated carbocycles. The summed E-state index contributed by atoms with van der Waals surface area (Å²) < 4.78 is 219. The molecule has 2 amide bonds. The second-order valence-electron chi connectivity index (χ2n) is 11.1. The Morgan fingerprint density at radius 2 is 1.00 bits per heavy atom. The molecule has 0 radical (unpaired) electrons. The van der Waals surface area contributed by atoms with Gasteiger partial charge in [0.15, 0.2) is 12.3 Å². The fourth-order valence-corrected chi connectivity index (χ4v) is 7.86. The predicted octanol–water partition coefficient (Wildman–Crippen LogP) is 4.32. The Kier molecular flexibility index (Phi) is 8.71. The van der Waals surface area contributed by atoms with Crippen LogP contribution in [0, 0.1) is 28.6 Å². The van der Waals surface area contributed by atoms with Gasteiger partial charge in [-0.1, -0.05) is 0 Å². The van der Waals surface area contributed by atoms with Gasteiger partial charge in [0, 0.05) is 9.67 Å². The Hall–Kier alpha value is -4.17. The molecular weight excluding hydrogens is 780 g/mol. The molecule has 2 saturated heterocycles. The molecule has 5 rings (SSSR count). The summed E-state index contributed by atoms with van der Waals surface area (Å²) in [5, 5.41) is -0.673. The fraction of sp³-hybridized carbons (Fsp3) is 0.400. The molecule has 12 nitrogen and oxygen atoms in total. The molecule has 5 unspecified atom stereocenters. The van der Waals surface area contributed by atoms with E-state index in [4.69, 9.17) is 0 Å². The van der Waals surface area contributed by atoms with E-state index in [0.717, 1.165) is 0 Å². The SMILES string of the molecule is O=C1C2C(=O)N(OS(=O)(=O)c3cc(C(F)(F)F)cc(C(F)(F)F)c3)C(=O)C2C2C[N+](=O)C(OS(=O)(=O)c3cc(C(F)(F)F)cc(C(F)(F)F)c3)C12. The van der Waals surface area contributed by atoms with Crippen molar-refractivity contribution in [3.05, 3.63) is 63.6 Å². The number of hydrogen-bond donors (Lipinski definition) is 0. The maximum Gasteiger partial charge on any atom is 0.416 e. The van der Waals surface area contributed by atoms with E-state index in [9.17, 15) is 88.8 Å². The molecule has 0 aromatic heterocycles. The summed E-state index contributed by atoms with van der Waals surface area (Å²) >= 11 is 0. The third-order valence-corrected chi connectivity index (χ3v) is 10.4. The van der Waals surface area contributed by atoms with Crippen LogP contribution in [0.5, 0.6) is 0 Å². The number of hydroxylamine groups is 2. The molecule has 2 aromatic rings. The van der Waals surface area contributed by atoms with Gasteiger partial charge in [-0.3, -0.25) is 14.4 Å². The molecule has 1 aliphatic carbocycles. The number of rotatable bonds is 6. The highest BCUT2D eigenvalue weighted by atomic mass is 32.2. The number of fused-ring (bicyclic) bond motifs is 3. The summed E-state index contributed by atoms with van der Waals surface area (Å²) in [6, 6.07) is -2.09. The van der Waals surface area contributed by atoms with Gasteiger partial charge in [0.05, 0.1) is 43.9 Å². The standard InChI is InChI=1S/C25H13F12N2O10S2/c26-22(27,28)8-1-9(23(29,30)31)4-12(3-8)50(44,45)48-21-16-14(7-38(21)43)15-17(18(16)40)20(42)39(19(15)41)49-51(46,47)13-5-10(24(32,33)34)2-11(6-13)25(35,36)37/h1-6,14-17,21H,7H2/q+1. The molecule has 5 atom stereocenters. The molecule has 0 N–H and O–H groups in total. The number of imide groups is 1. The van der Waals surface area contributed by atoms with Crippen LogP contribution in [-0.2, 0) is 67.8 Å². The lowest BCUT2D eigenvalue weighted by Gasteiger charge is -2.18. The first-order valence-corrected chi connectivity index (χ1v) is 16.1. The van der Waals surface area contributed by atoms with Gasteiger partial charge >= 0.3 is 51.2 Å². The number of nitrogens with zero attached hydrogens (tertiary/aromatic N) is 2. The zero-order valence-corrected chi connectivity index (χ0v) is 25.5. The van der Waals surface area contributed by atoms with Gasteiger partial charge in [-0.05, 0) is 36.4 Å². The number of halogens is 12. The van der Waals surface area contributed by atoms with Crippen LogP contribution in [0.25, 0.3) is 0 Å². The zero-order chi connectivity index (χ0) is 38.6. The first kappa shape index (κ1) is 38.1. The number of amides is 2. The lowest BCUT2D eigenvalue weighted by Crippen LogP contribution is -2.39. The quantitative estimate of drug-likeness (QED) is 0.136. The smallest absolute Gasteiger partial charge is 0.298 e. The summed E-state index contributed by atoms with van der Waals surface area (Å²) in [5.74, 6) is -13.5. The fourth-order valence-electron chi connectivity index (χ4n) is 5.76. The van der Waals surface area contributed by atoms with Crippen LogP contribution in [-0.4, -0.2) is 57.0 Å². The van der Waals surface area contributed by atoms with E-state index in [-0.39, 0.29) is 29.0 Å². The zero-order valence-electron chi connectivity index (χ0n) is 23.9. The minimum absolute atomic E-state index is 0.276. The van der Waals surface area contributed by atoms with E-state index in [0.29, 0.717) is 0 Å². The van der Waals surface area contributed by atoms with Crippen molar-refractivity contribution >= 4 is 37.8 Å². The molecule has 3 fully saturated rings. The number of benzene rings is 2. The van der Waals surface area contributed by atoms with Crippen molar-refractivity contribution in [2.75, 3.05) is 6.54 Å². The first-order chi connectivity index (χ1) is 22.9. The summed E-state index contributed by atoms with van der Waals surface area (Å²) in [6.45, 7) is -1.10. The van der Waals surface area contributed by atoms with E-state index in [1.807, 2.05) is 0 Å². The Morgan fingerprint density at radius 3 is 1.39 bits per heavy atom. The van der Waals surface area contributed by atoms with Crippen molar-refractivity contribution in [3.8, 4) is 0 Å². The van der Waals surface area contributed by atoms with Crippen molar-refractivity contribution < 1.29 is 97.1 Å². The van der Waals surface area contributed by atoms with Gasteiger partial charge in [-0.25, -0.2) is 0 Å².